The number of ether oxygens (including phenoxy) is 2. The summed E-state index contributed by atoms with van der Waals surface area (Å²) >= 11 is 6.77. The molecule has 156 valence electrons. The molecule has 2 rings (SSSR count). The Morgan fingerprint density at radius 2 is 1.83 bits per heavy atom. The minimum absolute atomic E-state index is 0.0308. The smallest absolute Gasteiger partial charge is 0.344 e. The first-order valence-electron chi connectivity index (χ1n) is 9.10. The Kier molecular flexibility index (Phi) is 9.09. The molecule has 2 aromatic carbocycles. The van der Waals surface area contributed by atoms with E-state index in [4.69, 9.17) is 9.47 Å². The molecule has 0 aliphatic heterocycles. The number of esters is 1. The van der Waals surface area contributed by atoms with Crippen LogP contribution in [0.15, 0.2) is 57.0 Å². The van der Waals surface area contributed by atoms with Crippen molar-refractivity contribution in [3.8, 4) is 11.8 Å². The highest BCUT2D eigenvalue weighted by Gasteiger charge is 2.15. The van der Waals surface area contributed by atoms with Crippen molar-refractivity contribution >= 4 is 49.8 Å². The van der Waals surface area contributed by atoms with Crippen molar-refractivity contribution in [2.45, 2.75) is 19.9 Å². The minimum atomic E-state index is -0.476. The highest BCUT2D eigenvalue weighted by atomic mass is 79.9. The topological polar surface area (TPSA) is 88.4 Å². The summed E-state index contributed by atoms with van der Waals surface area (Å²) in [5.74, 6) is -0.527. The van der Waals surface area contributed by atoms with Gasteiger partial charge in [-0.05, 0) is 75.0 Å². The number of benzene rings is 2. The molecule has 0 heterocycles. The number of amides is 1. The number of carbonyl (C=O) groups excluding carboxylic acids is 2. The zero-order valence-electron chi connectivity index (χ0n) is 16.4. The monoisotopic (exact) mass is 534 g/mol. The standard InChI is InChI=1S/C22H20Br2N2O4/c1-3-29-20(27)13-30-21-18(23)10-15(11-19(21)24)9-17(12-25)22(28)26-14(2)16-7-5-4-6-8-16/h4-11,14H,3,13H2,1-2H3,(H,26,28)/b17-9-/t14-/m1/s1. The predicted octanol–water partition coefficient (Wildman–Crippen LogP) is 4.94. The fourth-order valence-corrected chi connectivity index (χ4v) is 4.00. The van der Waals surface area contributed by atoms with Crippen molar-refractivity contribution in [1.29, 1.82) is 5.26 Å². The number of nitrogens with one attached hydrogen (secondary N) is 1. The first-order chi connectivity index (χ1) is 14.3. The molecule has 8 heteroatoms. The zero-order chi connectivity index (χ0) is 22.1. The lowest BCUT2D eigenvalue weighted by molar-refractivity contribution is -0.145. The van der Waals surface area contributed by atoms with E-state index in [1.165, 1.54) is 6.08 Å². The van der Waals surface area contributed by atoms with Crippen LogP contribution in [-0.4, -0.2) is 25.1 Å². The van der Waals surface area contributed by atoms with Crippen LogP contribution in [-0.2, 0) is 14.3 Å². The van der Waals surface area contributed by atoms with Gasteiger partial charge in [0.1, 0.15) is 17.4 Å². The lowest BCUT2D eigenvalue weighted by Crippen LogP contribution is -2.27. The van der Waals surface area contributed by atoms with Crippen LogP contribution in [0.2, 0.25) is 0 Å². The number of nitriles is 1. The van der Waals surface area contributed by atoms with Gasteiger partial charge >= 0.3 is 5.97 Å². The molecule has 2 aromatic rings. The van der Waals surface area contributed by atoms with Gasteiger partial charge in [-0.25, -0.2) is 4.79 Å². The van der Waals surface area contributed by atoms with E-state index in [0.29, 0.717) is 20.3 Å². The summed E-state index contributed by atoms with van der Waals surface area (Å²) in [4.78, 5) is 24.0. The number of carbonyl (C=O) groups is 2. The van der Waals surface area contributed by atoms with Crippen molar-refractivity contribution in [1.82, 2.24) is 5.32 Å². The SMILES string of the molecule is CCOC(=O)COc1c(Br)cc(/C=C(/C#N)C(=O)N[C@H](C)c2ccccc2)cc1Br. The Hall–Kier alpha value is -2.63. The van der Waals surface area contributed by atoms with Crippen LogP contribution in [0.3, 0.4) is 0 Å². The van der Waals surface area contributed by atoms with Gasteiger partial charge in [0.25, 0.3) is 5.91 Å². The van der Waals surface area contributed by atoms with Gasteiger partial charge in [-0.3, -0.25) is 4.79 Å². The third-order valence-electron chi connectivity index (χ3n) is 3.98. The molecule has 30 heavy (non-hydrogen) atoms. The van der Waals surface area contributed by atoms with Crippen molar-refractivity contribution in [2.24, 2.45) is 0 Å². The van der Waals surface area contributed by atoms with Gasteiger partial charge in [0.2, 0.25) is 0 Å². The van der Waals surface area contributed by atoms with Gasteiger partial charge < -0.3 is 14.8 Å². The Morgan fingerprint density at radius 3 is 2.40 bits per heavy atom. The van der Waals surface area contributed by atoms with Gasteiger partial charge in [-0.15, -0.1) is 0 Å². The normalized spacial score (nSPS) is 11.9. The second kappa shape index (κ2) is 11.5. The van der Waals surface area contributed by atoms with Crippen LogP contribution in [0.5, 0.6) is 5.75 Å². The molecule has 0 unspecified atom stereocenters. The molecule has 0 radical (unpaired) electrons. The summed E-state index contributed by atoms with van der Waals surface area (Å²) in [6, 6.07) is 14.6. The molecule has 1 atom stereocenters. The molecule has 1 N–H and O–H groups in total. The zero-order valence-corrected chi connectivity index (χ0v) is 19.6. The molecule has 0 saturated carbocycles. The van der Waals surface area contributed by atoms with Crippen LogP contribution < -0.4 is 10.1 Å². The van der Waals surface area contributed by atoms with E-state index in [0.717, 1.165) is 5.56 Å². The van der Waals surface area contributed by atoms with Crippen LogP contribution in [0, 0.1) is 11.3 Å². The number of halogens is 2. The Bertz CT molecular complexity index is 961. The molecule has 6 nitrogen and oxygen atoms in total. The minimum Gasteiger partial charge on any atom is -0.480 e. The molecule has 0 saturated heterocycles. The van der Waals surface area contributed by atoms with E-state index in [1.807, 2.05) is 43.3 Å². The third kappa shape index (κ3) is 6.71. The summed E-state index contributed by atoms with van der Waals surface area (Å²) in [5, 5.41) is 12.3. The fraction of sp³-hybridized carbons (Fsp3) is 0.227. The van der Waals surface area contributed by atoms with E-state index in [9.17, 15) is 14.9 Å². The second-order valence-electron chi connectivity index (χ2n) is 6.18. The van der Waals surface area contributed by atoms with E-state index in [1.54, 1.807) is 19.1 Å². The molecule has 0 aliphatic rings. The van der Waals surface area contributed by atoms with Gasteiger partial charge in [-0.2, -0.15) is 5.26 Å². The van der Waals surface area contributed by atoms with Gasteiger partial charge in [-0.1, -0.05) is 30.3 Å². The summed E-state index contributed by atoms with van der Waals surface area (Å²) in [7, 11) is 0. The van der Waals surface area contributed by atoms with Crippen LogP contribution in [0.4, 0.5) is 0 Å². The highest BCUT2D eigenvalue weighted by Crippen LogP contribution is 2.35. The van der Waals surface area contributed by atoms with Gasteiger partial charge in [0.15, 0.2) is 6.61 Å². The Morgan fingerprint density at radius 1 is 1.20 bits per heavy atom. The Labute approximate surface area is 192 Å². The number of hydrogen-bond donors (Lipinski definition) is 1. The molecule has 0 fully saturated rings. The largest absolute Gasteiger partial charge is 0.480 e. The van der Waals surface area contributed by atoms with Crippen molar-refractivity contribution < 1.29 is 19.1 Å². The van der Waals surface area contributed by atoms with E-state index >= 15 is 0 Å². The fourth-order valence-electron chi connectivity index (χ4n) is 2.55. The first-order valence-corrected chi connectivity index (χ1v) is 10.7. The Balaban J connectivity index is 2.16. The van der Waals surface area contributed by atoms with E-state index < -0.39 is 11.9 Å². The summed E-state index contributed by atoms with van der Waals surface area (Å²) in [5.41, 5.74) is 1.52. The summed E-state index contributed by atoms with van der Waals surface area (Å²) in [6.07, 6.45) is 1.48. The maximum absolute atomic E-state index is 12.5. The maximum atomic E-state index is 12.5. The predicted molar refractivity (Wildman–Crippen MR) is 121 cm³/mol. The van der Waals surface area contributed by atoms with E-state index in [2.05, 4.69) is 37.2 Å². The first kappa shape index (κ1) is 23.6. The van der Waals surface area contributed by atoms with E-state index in [-0.39, 0.29) is 24.8 Å². The second-order valence-corrected chi connectivity index (χ2v) is 7.89. The molecule has 0 aliphatic carbocycles. The molecular formula is C22H20Br2N2O4. The number of rotatable bonds is 8. The summed E-state index contributed by atoms with van der Waals surface area (Å²) < 4.78 is 11.4. The van der Waals surface area contributed by atoms with Crippen molar-refractivity contribution in [3.63, 3.8) is 0 Å². The lowest BCUT2D eigenvalue weighted by Gasteiger charge is -2.14. The summed E-state index contributed by atoms with van der Waals surface area (Å²) in [6.45, 7) is 3.61. The van der Waals surface area contributed by atoms with Crippen LogP contribution in [0.25, 0.3) is 6.08 Å². The van der Waals surface area contributed by atoms with Gasteiger partial charge in [0.05, 0.1) is 21.6 Å². The quantitative estimate of drug-likeness (QED) is 0.294. The van der Waals surface area contributed by atoms with Crippen molar-refractivity contribution in [2.75, 3.05) is 13.2 Å². The lowest BCUT2D eigenvalue weighted by atomic mass is 10.1. The number of hydrogen-bond acceptors (Lipinski definition) is 5. The average Bonchev–Trinajstić information content (AvgIpc) is 2.72. The average molecular weight is 536 g/mol. The van der Waals surface area contributed by atoms with Crippen LogP contribution >= 0.6 is 31.9 Å². The highest BCUT2D eigenvalue weighted by molar-refractivity contribution is 9.11. The number of nitrogens with zero attached hydrogens (tertiary/aromatic N) is 1. The van der Waals surface area contributed by atoms with Gasteiger partial charge in [0, 0.05) is 0 Å². The van der Waals surface area contributed by atoms with Crippen molar-refractivity contribution in [3.05, 3.63) is 68.1 Å². The molecule has 0 aromatic heterocycles. The maximum Gasteiger partial charge on any atom is 0.344 e. The van der Waals surface area contributed by atoms with Crippen LogP contribution in [0.1, 0.15) is 31.0 Å². The third-order valence-corrected chi connectivity index (χ3v) is 5.16. The molecule has 0 spiro atoms. The molecule has 1 amide bonds. The molecular weight excluding hydrogens is 516 g/mol. The molecule has 0 bridgehead atoms.